The van der Waals surface area contributed by atoms with Crippen molar-refractivity contribution in [2.24, 2.45) is 0 Å². The van der Waals surface area contributed by atoms with Gasteiger partial charge in [0.05, 0.1) is 0 Å². The van der Waals surface area contributed by atoms with Crippen LogP contribution in [0.15, 0.2) is 54.7 Å². The molecule has 3 aromatic rings. The minimum absolute atomic E-state index is 0.410. The molecule has 1 aliphatic rings. The minimum Gasteiger partial charge on any atom is -0.357 e. The Hall–Kier alpha value is -2.33. The topological polar surface area (TPSA) is 35.2 Å². The predicted molar refractivity (Wildman–Crippen MR) is 94.7 cm³/mol. The van der Waals surface area contributed by atoms with Crippen molar-refractivity contribution in [1.82, 2.24) is 14.9 Å². The van der Waals surface area contributed by atoms with Gasteiger partial charge < -0.3 is 9.88 Å². The molecule has 4 heteroatoms. The number of fused-ring (bicyclic) bond motifs is 1. The van der Waals surface area contributed by atoms with Gasteiger partial charge in [-0.2, -0.15) is 0 Å². The van der Waals surface area contributed by atoms with Crippen molar-refractivity contribution in [3.63, 3.8) is 0 Å². The van der Waals surface area contributed by atoms with E-state index in [2.05, 4.69) is 69.2 Å². The zero-order valence-electron chi connectivity index (χ0n) is 13.4. The van der Waals surface area contributed by atoms with Crippen molar-refractivity contribution < 1.29 is 0 Å². The van der Waals surface area contributed by atoms with Gasteiger partial charge >= 0.3 is 0 Å². The first-order valence-electron chi connectivity index (χ1n) is 8.29. The Morgan fingerprint density at radius 3 is 2.52 bits per heavy atom. The second kappa shape index (κ2) is 6.05. The fourth-order valence-electron chi connectivity index (χ4n) is 3.40. The minimum atomic E-state index is 0.410. The average Bonchev–Trinajstić information content (AvgIpc) is 3.06. The fraction of sp³-hybridized carbons (Fsp3) is 0.316. The lowest BCUT2D eigenvalue weighted by molar-refractivity contribution is 0.195. The number of aromatic amines is 1. The fourth-order valence-corrected chi connectivity index (χ4v) is 3.40. The van der Waals surface area contributed by atoms with E-state index in [9.17, 15) is 0 Å². The highest BCUT2D eigenvalue weighted by atomic mass is 15.3. The molecule has 4 nitrogen and oxygen atoms in total. The van der Waals surface area contributed by atoms with E-state index >= 15 is 0 Å². The van der Waals surface area contributed by atoms with Gasteiger partial charge in [0, 0.05) is 49.6 Å². The first-order chi connectivity index (χ1) is 11.3. The summed E-state index contributed by atoms with van der Waals surface area (Å²) in [5, 5.41) is 1.29. The van der Waals surface area contributed by atoms with Crippen LogP contribution in [0.2, 0.25) is 0 Å². The molecular formula is C19H22N4. The molecule has 0 spiro atoms. The summed E-state index contributed by atoms with van der Waals surface area (Å²) in [4.78, 5) is 12.9. The van der Waals surface area contributed by atoms with Crippen molar-refractivity contribution in [2.75, 3.05) is 31.1 Å². The molecule has 0 bridgehead atoms. The van der Waals surface area contributed by atoms with Crippen molar-refractivity contribution in [3.05, 3.63) is 60.4 Å². The molecule has 1 aromatic carbocycles. The molecule has 23 heavy (non-hydrogen) atoms. The number of benzene rings is 1. The summed E-state index contributed by atoms with van der Waals surface area (Å²) in [5.41, 5.74) is 2.53. The number of nitrogens with zero attached hydrogens (tertiary/aromatic N) is 3. The molecule has 1 aliphatic heterocycles. The number of hydrogen-bond donors (Lipinski definition) is 1. The molecule has 4 rings (SSSR count). The number of pyridine rings is 1. The van der Waals surface area contributed by atoms with E-state index in [0.29, 0.717) is 6.04 Å². The first kappa shape index (κ1) is 14.3. The van der Waals surface area contributed by atoms with Gasteiger partial charge in [-0.05, 0) is 36.6 Å². The summed E-state index contributed by atoms with van der Waals surface area (Å²) in [5.74, 6) is 1.09. The molecule has 0 aliphatic carbocycles. The van der Waals surface area contributed by atoms with Crippen molar-refractivity contribution in [1.29, 1.82) is 0 Å². The SMILES string of the molecule is CC(c1cc2ccccc2[nH]1)N1CCN(c2ccccn2)CC1. The molecule has 1 saturated heterocycles. The lowest BCUT2D eigenvalue weighted by Gasteiger charge is -2.38. The molecule has 1 unspecified atom stereocenters. The van der Waals surface area contributed by atoms with E-state index in [1.54, 1.807) is 0 Å². The third kappa shape index (κ3) is 2.82. The van der Waals surface area contributed by atoms with Gasteiger partial charge in [0.2, 0.25) is 0 Å². The van der Waals surface area contributed by atoms with E-state index in [1.807, 2.05) is 12.3 Å². The molecule has 0 radical (unpaired) electrons. The summed E-state index contributed by atoms with van der Waals surface area (Å²) < 4.78 is 0. The van der Waals surface area contributed by atoms with Gasteiger partial charge in [-0.3, -0.25) is 4.90 Å². The maximum atomic E-state index is 4.46. The number of piperazine rings is 1. The molecule has 0 amide bonds. The Labute approximate surface area is 136 Å². The summed E-state index contributed by atoms with van der Waals surface area (Å²) >= 11 is 0. The Morgan fingerprint density at radius 1 is 1.00 bits per heavy atom. The molecule has 2 aromatic heterocycles. The number of anilines is 1. The van der Waals surface area contributed by atoms with Crippen LogP contribution in [0.25, 0.3) is 10.9 Å². The second-order valence-electron chi connectivity index (χ2n) is 6.20. The van der Waals surface area contributed by atoms with Gasteiger partial charge in [-0.25, -0.2) is 4.98 Å². The monoisotopic (exact) mass is 306 g/mol. The lowest BCUT2D eigenvalue weighted by atomic mass is 10.1. The molecule has 0 saturated carbocycles. The Bertz CT molecular complexity index is 739. The van der Waals surface area contributed by atoms with Gasteiger partial charge in [0.1, 0.15) is 5.82 Å². The smallest absolute Gasteiger partial charge is 0.128 e. The highest BCUT2D eigenvalue weighted by molar-refractivity contribution is 5.80. The number of para-hydroxylation sites is 1. The number of hydrogen-bond acceptors (Lipinski definition) is 3. The normalized spacial score (nSPS) is 17.5. The molecule has 1 N–H and O–H groups in total. The summed E-state index contributed by atoms with van der Waals surface area (Å²) in [6.07, 6.45) is 1.87. The van der Waals surface area contributed by atoms with E-state index in [1.165, 1.54) is 16.6 Å². The van der Waals surface area contributed by atoms with Crippen LogP contribution >= 0.6 is 0 Å². The summed E-state index contributed by atoms with van der Waals surface area (Å²) in [7, 11) is 0. The third-order valence-corrected chi connectivity index (χ3v) is 4.84. The van der Waals surface area contributed by atoms with Gasteiger partial charge in [-0.15, -0.1) is 0 Å². The number of nitrogens with one attached hydrogen (secondary N) is 1. The zero-order chi connectivity index (χ0) is 15.6. The standard InChI is InChI=1S/C19H22N4/c1-15(18-14-16-6-2-3-7-17(16)21-18)22-10-12-23(13-11-22)19-8-4-5-9-20-19/h2-9,14-15,21H,10-13H2,1H3. The van der Waals surface area contributed by atoms with Crippen LogP contribution < -0.4 is 4.90 Å². The number of H-pyrrole nitrogens is 1. The van der Waals surface area contributed by atoms with Crippen LogP contribution in [0.3, 0.4) is 0 Å². The second-order valence-corrected chi connectivity index (χ2v) is 6.20. The maximum absolute atomic E-state index is 4.46. The van der Waals surface area contributed by atoms with Crippen LogP contribution in [0.1, 0.15) is 18.7 Å². The van der Waals surface area contributed by atoms with Crippen LogP contribution in [0, 0.1) is 0 Å². The van der Waals surface area contributed by atoms with Crippen LogP contribution in [0.4, 0.5) is 5.82 Å². The van der Waals surface area contributed by atoms with E-state index in [-0.39, 0.29) is 0 Å². The predicted octanol–water partition coefficient (Wildman–Crippen LogP) is 3.45. The maximum Gasteiger partial charge on any atom is 0.128 e. The quantitative estimate of drug-likeness (QED) is 0.805. The van der Waals surface area contributed by atoms with Crippen molar-refractivity contribution >= 4 is 16.7 Å². The Balaban J connectivity index is 1.45. The Morgan fingerprint density at radius 2 is 1.78 bits per heavy atom. The Kier molecular flexibility index (Phi) is 3.75. The van der Waals surface area contributed by atoms with Gasteiger partial charge in [0.15, 0.2) is 0 Å². The van der Waals surface area contributed by atoms with Crippen molar-refractivity contribution in [3.8, 4) is 0 Å². The largest absolute Gasteiger partial charge is 0.357 e. The lowest BCUT2D eigenvalue weighted by Crippen LogP contribution is -2.47. The van der Waals surface area contributed by atoms with Crippen LogP contribution in [-0.2, 0) is 0 Å². The van der Waals surface area contributed by atoms with E-state index in [0.717, 1.165) is 32.0 Å². The highest BCUT2D eigenvalue weighted by Gasteiger charge is 2.23. The van der Waals surface area contributed by atoms with Crippen molar-refractivity contribution in [2.45, 2.75) is 13.0 Å². The first-order valence-corrected chi connectivity index (χ1v) is 8.29. The zero-order valence-corrected chi connectivity index (χ0v) is 13.4. The third-order valence-electron chi connectivity index (χ3n) is 4.84. The van der Waals surface area contributed by atoms with Crippen LogP contribution in [0.5, 0.6) is 0 Å². The molecule has 1 atom stereocenters. The summed E-state index contributed by atoms with van der Waals surface area (Å²) in [6, 6.07) is 17.3. The summed E-state index contributed by atoms with van der Waals surface area (Å²) in [6.45, 7) is 6.48. The van der Waals surface area contributed by atoms with E-state index < -0.39 is 0 Å². The van der Waals surface area contributed by atoms with E-state index in [4.69, 9.17) is 0 Å². The molecular weight excluding hydrogens is 284 g/mol. The van der Waals surface area contributed by atoms with Gasteiger partial charge in [-0.1, -0.05) is 24.3 Å². The highest BCUT2D eigenvalue weighted by Crippen LogP contribution is 2.25. The molecule has 3 heterocycles. The number of rotatable bonds is 3. The number of aromatic nitrogens is 2. The van der Waals surface area contributed by atoms with Gasteiger partial charge in [0.25, 0.3) is 0 Å². The van der Waals surface area contributed by atoms with Crippen LogP contribution in [-0.4, -0.2) is 41.0 Å². The molecule has 118 valence electrons. The molecule has 1 fully saturated rings. The average molecular weight is 306 g/mol.